The lowest BCUT2D eigenvalue weighted by molar-refractivity contribution is -0.122. The van der Waals surface area contributed by atoms with Crippen LogP contribution in [0.5, 0.6) is 0 Å². The van der Waals surface area contributed by atoms with Gasteiger partial charge in [-0.25, -0.2) is 0 Å². The summed E-state index contributed by atoms with van der Waals surface area (Å²) in [4.78, 5) is 14.3. The first-order valence-corrected chi connectivity index (χ1v) is 8.91. The molecule has 6 nitrogen and oxygen atoms in total. The number of nitrogens with zero attached hydrogens (tertiary/aromatic N) is 1. The second kappa shape index (κ2) is 9.34. The number of halogens is 3. The van der Waals surface area contributed by atoms with E-state index in [1.165, 1.54) is 0 Å². The van der Waals surface area contributed by atoms with Gasteiger partial charge in [0.2, 0.25) is 0 Å². The maximum atomic E-state index is 12.1. The highest BCUT2D eigenvalue weighted by Gasteiger charge is 2.27. The van der Waals surface area contributed by atoms with Crippen molar-refractivity contribution in [3.63, 3.8) is 0 Å². The average molecular weight is 404 g/mol. The second-order valence-corrected chi connectivity index (χ2v) is 6.93. The highest BCUT2D eigenvalue weighted by molar-refractivity contribution is 7.80. The maximum Gasteiger partial charge on any atom is 0.405 e. The topological polar surface area (TPSA) is 65.6 Å². The van der Waals surface area contributed by atoms with Gasteiger partial charge < -0.3 is 10.1 Å². The highest BCUT2D eigenvalue weighted by atomic mass is 32.1. The molecule has 1 aliphatic rings. The number of ether oxygens (including phenoxy) is 1. The van der Waals surface area contributed by atoms with Crippen LogP contribution in [0.1, 0.15) is 29.8 Å². The van der Waals surface area contributed by atoms with Gasteiger partial charge in [0.15, 0.2) is 5.11 Å². The number of morpholine rings is 1. The predicted molar refractivity (Wildman–Crippen MR) is 99.0 cm³/mol. The third-order valence-electron chi connectivity index (χ3n) is 3.86. The Balaban J connectivity index is 1.80. The molecule has 0 spiro atoms. The van der Waals surface area contributed by atoms with Crippen LogP contribution in [-0.2, 0) is 11.3 Å². The van der Waals surface area contributed by atoms with Crippen molar-refractivity contribution in [1.29, 1.82) is 0 Å². The van der Waals surface area contributed by atoms with Crippen molar-refractivity contribution in [2.45, 2.75) is 38.8 Å². The van der Waals surface area contributed by atoms with Crippen molar-refractivity contribution >= 4 is 23.2 Å². The zero-order valence-corrected chi connectivity index (χ0v) is 15.9. The summed E-state index contributed by atoms with van der Waals surface area (Å²) >= 11 is 4.67. The van der Waals surface area contributed by atoms with Crippen LogP contribution in [0.25, 0.3) is 0 Å². The standard InChI is InChI=1S/C17H23F3N4O2S/c1-11-7-24(8-12(2)26-11)9-13-3-5-14(6-4-13)15(25)22-23-16(27)21-10-17(18,19)20/h3-6,11-12H,7-10H2,1-2H3,(H,22,25)(H2,21,23,27)/t11-,12-/m0/s1. The lowest BCUT2D eigenvalue weighted by Crippen LogP contribution is -2.48. The zero-order chi connectivity index (χ0) is 20.0. The Bertz CT molecular complexity index is 645. The van der Waals surface area contributed by atoms with E-state index in [1.807, 2.05) is 31.3 Å². The first-order chi connectivity index (χ1) is 12.6. The molecule has 1 heterocycles. The molecular formula is C17H23F3N4O2S. The molecule has 0 saturated carbocycles. The molecule has 0 radical (unpaired) electrons. The van der Waals surface area contributed by atoms with Gasteiger partial charge in [-0.1, -0.05) is 12.1 Å². The number of rotatable bonds is 4. The van der Waals surface area contributed by atoms with E-state index in [0.717, 1.165) is 25.2 Å². The van der Waals surface area contributed by atoms with Crippen molar-refractivity contribution in [3.05, 3.63) is 35.4 Å². The van der Waals surface area contributed by atoms with Gasteiger partial charge in [-0.05, 0) is 43.8 Å². The number of alkyl halides is 3. The number of thiocarbonyl (C=S) groups is 1. The fourth-order valence-electron chi connectivity index (χ4n) is 2.84. The molecule has 150 valence electrons. The van der Waals surface area contributed by atoms with Gasteiger partial charge in [0.1, 0.15) is 6.54 Å². The molecule has 1 amide bonds. The van der Waals surface area contributed by atoms with Crippen LogP contribution in [0, 0.1) is 0 Å². The van der Waals surface area contributed by atoms with E-state index in [9.17, 15) is 18.0 Å². The molecule has 0 aliphatic carbocycles. The molecular weight excluding hydrogens is 381 g/mol. The Morgan fingerprint density at radius 1 is 1.19 bits per heavy atom. The Hall–Kier alpha value is -1.91. The summed E-state index contributed by atoms with van der Waals surface area (Å²) in [5, 5.41) is 1.64. The minimum Gasteiger partial charge on any atom is -0.373 e. The first-order valence-electron chi connectivity index (χ1n) is 8.50. The van der Waals surface area contributed by atoms with E-state index in [4.69, 9.17) is 4.74 Å². The summed E-state index contributed by atoms with van der Waals surface area (Å²) in [6.45, 7) is 5.25. The Kier molecular flexibility index (Phi) is 7.40. The quantitative estimate of drug-likeness (QED) is 0.527. The van der Waals surface area contributed by atoms with Crippen LogP contribution in [-0.4, -0.2) is 53.9 Å². The van der Waals surface area contributed by atoms with Crippen molar-refractivity contribution in [1.82, 2.24) is 21.1 Å². The van der Waals surface area contributed by atoms with Crippen molar-refractivity contribution < 1.29 is 22.7 Å². The van der Waals surface area contributed by atoms with Gasteiger partial charge in [0.05, 0.1) is 12.2 Å². The number of benzene rings is 1. The zero-order valence-electron chi connectivity index (χ0n) is 15.1. The first kappa shape index (κ1) is 21.4. The third kappa shape index (κ3) is 7.69. The van der Waals surface area contributed by atoms with E-state index >= 15 is 0 Å². The lowest BCUT2D eigenvalue weighted by Gasteiger charge is -2.35. The fraction of sp³-hybridized carbons (Fsp3) is 0.529. The minimum absolute atomic E-state index is 0.180. The van der Waals surface area contributed by atoms with E-state index in [2.05, 4.69) is 28.0 Å². The van der Waals surface area contributed by atoms with E-state index in [1.54, 1.807) is 12.1 Å². The Morgan fingerprint density at radius 3 is 2.33 bits per heavy atom. The van der Waals surface area contributed by atoms with Gasteiger partial charge >= 0.3 is 6.18 Å². The van der Waals surface area contributed by atoms with Gasteiger partial charge in [0, 0.05) is 25.2 Å². The van der Waals surface area contributed by atoms with E-state index < -0.39 is 18.6 Å². The van der Waals surface area contributed by atoms with Gasteiger partial charge in [-0.15, -0.1) is 0 Å². The molecule has 2 atom stereocenters. The molecule has 3 N–H and O–H groups in total. The van der Waals surface area contributed by atoms with E-state index in [-0.39, 0.29) is 17.3 Å². The summed E-state index contributed by atoms with van der Waals surface area (Å²) in [5.41, 5.74) is 5.93. The van der Waals surface area contributed by atoms with Crippen LogP contribution >= 0.6 is 12.2 Å². The number of hydrogen-bond donors (Lipinski definition) is 3. The molecule has 27 heavy (non-hydrogen) atoms. The number of hydrazine groups is 1. The van der Waals surface area contributed by atoms with Crippen molar-refractivity contribution in [2.75, 3.05) is 19.6 Å². The molecule has 0 bridgehead atoms. The SMILES string of the molecule is C[C@H]1CN(Cc2ccc(C(=O)NNC(=S)NCC(F)(F)F)cc2)C[C@H](C)O1. The smallest absolute Gasteiger partial charge is 0.373 e. The van der Waals surface area contributed by atoms with Gasteiger partial charge in [-0.2, -0.15) is 13.2 Å². The molecule has 1 fully saturated rings. The van der Waals surface area contributed by atoms with E-state index in [0.29, 0.717) is 5.56 Å². The van der Waals surface area contributed by atoms with Crippen molar-refractivity contribution in [3.8, 4) is 0 Å². The van der Waals surface area contributed by atoms with Crippen molar-refractivity contribution in [2.24, 2.45) is 0 Å². The van der Waals surface area contributed by atoms with Gasteiger partial charge in [-0.3, -0.25) is 20.5 Å². The molecule has 1 saturated heterocycles. The Labute approximate surface area is 161 Å². The monoisotopic (exact) mass is 404 g/mol. The number of carbonyl (C=O) groups excluding carboxylic acids is 1. The highest BCUT2D eigenvalue weighted by Crippen LogP contribution is 2.15. The fourth-order valence-corrected chi connectivity index (χ4v) is 2.97. The van der Waals surface area contributed by atoms with Crippen LogP contribution in [0.4, 0.5) is 13.2 Å². The molecule has 1 aliphatic heterocycles. The summed E-state index contributed by atoms with van der Waals surface area (Å²) in [6.07, 6.45) is -4.03. The minimum atomic E-state index is -4.39. The summed E-state index contributed by atoms with van der Waals surface area (Å²) in [7, 11) is 0. The largest absolute Gasteiger partial charge is 0.405 e. The number of carbonyl (C=O) groups is 1. The maximum absolute atomic E-state index is 12.1. The number of amides is 1. The predicted octanol–water partition coefficient (Wildman–Crippen LogP) is 1.97. The van der Waals surface area contributed by atoms with Crippen LogP contribution in [0.2, 0.25) is 0 Å². The molecule has 0 unspecified atom stereocenters. The average Bonchev–Trinajstić information content (AvgIpc) is 2.57. The van der Waals surface area contributed by atoms with Crippen LogP contribution < -0.4 is 16.2 Å². The van der Waals surface area contributed by atoms with Crippen LogP contribution in [0.3, 0.4) is 0 Å². The summed E-state index contributed by atoms with van der Waals surface area (Å²) in [6, 6.07) is 7.01. The molecule has 0 aromatic heterocycles. The molecule has 1 aromatic rings. The molecule has 10 heteroatoms. The molecule has 2 rings (SSSR count). The third-order valence-corrected chi connectivity index (χ3v) is 4.10. The molecule has 1 aromatic carbocycles. The summed E-state index contributed by atoms with van der Waals surface area (Å²) in [5.74, 6) is -0.494. The number of hydrogen-bond acceptors (Lipinski definition) is 4. The Morgan fingerprint density at radius 2 is 1.78 bits per heavy atom. The van der Waals surface area contributed by atoms with Crippen LogP contribution in [0.15, 0.2) is 24.3 Å². The number of nitrogens with one attached hydrogen (secondary N) is 3. The summed E-state index contributed by atoms with van der Waals surface area (Å²) < 4.78 is 41.9. The lowest BCUT2D eigenvalue weighted by atomic mass is 10.1. The van der Waals surface area contributed by atoms with Gasteiger partial charge in [0.25, 0.3) is 5.91 Å². The normalized spacial score (nSPS) is 20.8. The second-order valence-electron chi connectivity index (χ2n) is 6.53.